The molecule has 0 saturated carbocycles. The lowest BCUT2D eigenvalue weighted by atomic mass is 9.97. The van der Waals surface area contributed by atoms with Crippen LogP contribution in [0.5, 0.6) is 0 Å². The van der Waals surface area contributed by atoms with Crippen molar-refractivity contribution in [1.82, 2.24) is 10.2 Å². The largest absolute Gasteiger partial charge is 0.396 e. The van der Waals surface area contributed by atoms with Crippen LogP contribution in [0.2, 0.25) is 0 Å². The summed E-state index contributed by atoms with van der Waals surface area (Å²) in [5.41, 5.74) is 2.12. The third-order valence-corrected chi connectivity index (χ3v) is 5.00. The van der Waals surface area contributed by atoms with Gasteiger partial charge in [-0.2, -0.15) is 0 Å². The predicted molar refractivity (Wildman–Crippen MR) is 91.1 cm³/mol. The Balaban J connectivity index is 1.54. The number of hydrogen-bond donors (Lipinski definition) is 3. The molecule has 2 saturated heterocycles. The van der Waals surface area contributed by atoms with Gasteiger partial charge in [0.2, 0.25) is 5.91 Å². The van der Waals surface area contributed by atoms with E-state index in [0.29, 0.717) is 12.5 Å². The number of likely N-dealkylation sites (tertiary alicyclic amines) is 1. The molecule has 1 aromatic carbocycles. The van der Waals surface area contributed by atoms with E-state index in [1.54, 1.807) is 0 Å². The molecule has 0 spiro atoms. The number of carbonyl (C=O) groups excluding carboxylic acids is 1. The van der Waals surface area contributed by atoms with Gasteiger partial charge < -0.3 is 15.7 Å². The lowest BCUT2D eigenvalue weighted by Crippen LogP contribution is -2.34. The minimum atomic E-state index is 0.0937. The van der Waals surface area contributed by atoms with E-state index in [1.165, 1.54) is 5.56 Å². The zero-order valence-electron chi connectivity index (χ0n) is 13.6. The van der Waals surface area contributed by atoms with Gasteiger partial charge in [-0.15, -0.1) is 0 Å². The first-order valence-corrected chi connectivity index (χ1v) is 8.68. The van der Waals surface area contributed by atoms with Gasteiger partial charge in [0.1, 0.15) is 0 Å². The summed E-state index contributed by atoms with van der Waals surface area (Å²) in [5.74, 6) is 0.684. The number of aliphatic hydroxyl groups excluding tert-OH is 1. The molecule has 2 aliphatic rings. The van der Waals surface area contributed by atoms with Crippen molar-refractivity contribution in [2.75, 3.05) is 38.1 Å². The third-order valence-electron chi connectivity index (χ3n) is 5.00. The van der Waals surface area contributed by atoms with Crippen molar-refractivity contribution in [3.63, 3.8) is 0 Å². The number of benzene rings is 1. The van der Waals surface area contributed by atoms with Crippen molar-refractivity contribution >= 4 is 11.6 Å². The van der Waals surface area contributed by atoms with Crippen LogP contribution >= 0.6 is 0 Å². The summed E-state index contributed by atoms with van der Waals surface area (Å²) in [6.45, 7) is 5.01. The van der Waals surface area contributed by atoms with Crippen molar-refractivity contribution in [3.8, 4) is 0 Å². The second-order valence-corrected chi connectivity index (χ2v) is 6.78. The van der Waals surface area contributed by atoms with E-state index in [-0.39, 0.29) is 11.8 Å². The normalized spacial score (nSPS) is 23.1. The van der Waals surface area contributed by atoms with Crippen LogP contribution in [0, 0.1) is 11.8 Å². The smallest absolute Gasteiger partial charge is 0.228 e. The third kappa shape index (κ3) is 4.53. The molecule has 126 valence electrons. The highest BCUT2D eigenvalue weighted by molar-refractivity contribution is 5.92. The minimum Gasteiger partial charge on any atom is -0.396 e. The topological polar surface area (TPSA) is 64.6 Å². The van der Waals surface area contributed by atoms with Gasteiger partial charge >= 0.3 is 0 Å². The second kappa shape index (κ2) is 7.90. The molecule has 5 heteroatoms. The Morgan fingerprint density at radius 2 is 2.13 bits per heavy atom. The van der Waals surface area contributed by atoms with Crippen molar-refractivity contribution < 1.29 is 9.90 Å². The van der Waals surface area contributed by atoms with Crippen LogP contribution in [0.25, 0.3) is 0 Å². The van der Waals surface area contributed by atoms with Crippen molar-refractivity contribution in [3.05, 3.63) is 29.8 Å². The number of rotatable bonds is 5. The van der Waals surface area contributed by atoms with E-state index in [0.717, 1.165) is 57.7 Å². The van der Waals surface area contributed by atoms with Crippen LogP contribution in [0.1, 0.15) is 24.8 Å². The molecule has 2 fully saturated rings. The van der Waals surface area contributed by atoms with Crippen molar-refractivity contribution in [2.24, 2.45) is 11.8 Å². The second-order valence-electron chi connectivity index (χ2n) is 6.78. The van der Waals surface area contributed by atoms with E-state index in [4.69, 9.17) is 0 Å². The Morgan fingerprint density at radius 3 is 2.83 bits per heavy atom. The molecule has 5 nitrogen and oxygen atoms in total. The minimum absolute atomic E-state index is 0.0937. The average molecular weight is 317 g/mol. The fraction of sp³-hybridized carbons (Fsp3) is 0.611. The number of piperidine rings is 1. The number of nitrogens with zero attached hydrogens (tertiary/aromatic N) is 1. The Bertz CT molecular complexity index is 521. The van der Waals surface area contributed by atoms with Gasteiger partial charge in [0.05, 0.1) is 5.92 Å². The van der Waals surface area contributed by atoms with Gasteiger partial charge in [0, 0.05) is 25.4 Å². The van der Waals surface area contributed by atoms with Gasteiger partial charge in [0.25, 0.3) is 0 Å². The van der Waals surface area contributed by atoms with Crippen LogP contribution in [0.15, 0.2) is 24.3 Å². The number of amides is 1. The average Bonchev–Trinajstić information content (AvgIpc) is 3.10. The fourth-order valence-electron chi connectivity index (χ4n) is 3.46. The first kappa shape index (κ1) is 16.4. The Morgan fingerprint density at radius 1 is 1.30 bits per heavy atom. The molecule has 0 aromatic heterocycles. The Kier molecular flexibility index (Phi) is 5.65. The molecular weight excluding hydrogens is 290 g/mol. The molecule has 0 radical (unpaired) electrons. The summed E-state index contributed by atoms with van der Waals surface area (Å²) in [4.78, 5) is 14.6. The number of aliphatic hydroxyl groups is 1. The summed E-state index contributed by atoms with van der Waals surface area (Å²) in [5, 5.41) is 15.5. The predicted octanol–water partition coefficient (Wildman–Crippen LogP) is 1.44. The zero-order chi connectivity index (χ0) is 16.1. The lowest BCUT2D eigenvalue weighted by molar-refractivity contribution is -0.119. The number of hydrogen-bond acceptors (Lipinski definition) is 4. The van der Waals surface area contributed by atoms with E-state index >= 15 is 0 Å². The van der Waals surface area contributed by atoms with Crippen molar-refractivity contribution in [1.29, 1.82) is 0 Å². The number of anilines is 1. The van der Waals surface area contributed by atoms with E-state index < -0.39 is 0 Å². The molecule has 1 unspecified atom stereocenters. The standard InChI is InChI=1S/C18H27N3O2/c22-13-14-5-8-21(9-6-14)12-15-2-1-3-17(10-15)20-18(23)16-4-7-19-11-16/h1-3,10,14,16,19,22H,4-9,11-13H2,(H,20,23). The van der Waals surface area contributed by atoms with Crippen LogP contribution in [0.4, 0.5) is 5.69 Å². The van der Waals surface area contributed by atoms with Gasteiger partial charge in [-0.25, -0.2) is 0 Å². The highest BCUT2D eigenvalue weighted by atomic mass is 16.3. The first-order valence-electron chi connectivity index (χ1n) is 8.68. The van der Waals surface area contributed by atoms with Gasteiger partial charge in [-0.05, 0) is 62.5 Å². The molecule has 2 aliphatic heterocycles. The summed E-state index contributed by atoms with van der Waals surface area (Å²) in [7, 11) is 0. The maximum Gasteiger partial charge on any atom is 0.228 e. The SMILES string of the molecule is O=C(Nc1cccc(CN2CCC(CO)CC2)c1)C1CCNC1. The summed E-state index contributed by atoms with van der Waals surface area (Å²) in [6.07, 6.45) is 3.06. The molecule has 1 atom stereocenters. The highest BCUT2D eigenvalue weighted by Gasteiger charge is 2.22. The molecule has 2 heterocycles. The molecular formula is C18H27N3O2. The zero-order valence-corrected chi connectivity index (χ0v) is 13.6. The monoisotopic (exact) mass is 317 g/mol. The molecule has 0 bridgehead atoms. The van der Waals surface area contributed by atoms with Crippen LogP contribution in [-0.2, 0) is 11.3 Å². The van der Waals surface area contributed by atoms with Gasteiger partial charge in [-0.3, -0.25) is 9.69 Å². The van der Waals surface area contributed by atoms with Crippen molar-refractivity contribution in [2.45, 2.75) is 25.8 Å². The molecule has 23 heavy (non-hydrogen) atoms. The summed E-state index contributed by atoms with van der Waals surface area (Å²) in [6, 6.07) is 8.17. The summed E-state index contributed by atoms with van der Waals surface area (Å²) >= 11 is 0. The quantitative estimate of drug-likeness (QED) is 0.769. The van der Waals surface area contributed by atoms with Crippen LogP contribution in [-0.4, -0.2) is 48.7 Å². The molecule has 1 amide bonds. The molecule has 1 aromatic rings. The number of nitrogens with one attached hydrogen (secondary N) is 2. The maximum atomic E-state index is 12.2. The molecule has 3 rings (SSSR count). The number of carbonyl (C=O) groups is 1. The first-order chi connectivity index (χ1) is 11.2. The molecule has 0 aliphatic carbocycles. The Hall–Kier alpha value is -1.43. The molecule has 3 N–H and O–H groups in total. The van der Waals surface area contributed by atoms with Crippen LogP contribution in [0.3, 0.4) is 0 Å². The van der Waals surface area contributed by atoms with E-state index in [9.17, 15) is 9.90 Å². The fourth-order valence-corrected chi connectivity index (χ4v) is 3.46. The van der Waals surface area contributed by atoms with E-state index in [1.807, 2.05) is 12.1 Å². The van der Waals surface area contributed by atoms with Gasteiger partial charge in [-0.1, -0.05) is 12.1 Å². The maximum absolute atomic E-state index is 12.2. The summed E-state index contributed by atoms with van der Waals surface area (Å²) < 4.78 is 0. The van der Waals surface area contributed by atoms with Crippen LogP contribution < -0.4 is 10.6 Å². The highest BCUT2D eigenvalue weighted by Crippen LogP contribution is 2.20. The Labute approximate surface area is 138 Å². The van der Waals surface area contributed by atoms with E-state index in [2.05, 4.69) is 27.7 Å². The van der Waals surface area contributed by atoms with Gasteiger partial charge in [0.15, 0.2) is 0 Å². The lowest BCUT2D eigenvalue weighted by Gasteiger charge is -2.31.